The number of carbonyl (C=O) groups excluding carboxylic acids is 1. The first kappa shape index (κ1) is 23.5. The molecular formula is C23H28N4O4S. The summed E-state index contributed by atoms with van der Waals surface area (Å²) >= 11 is 1.38. The number of nitrogens with one attached hydrogen (secondary N) is 1. The Morgan fingerprint density at radius 2 is 1.69 bits per heavy atom. The predicted octanol–water partition coefficient (Wildman–Crippen LogP) is 3.32. The molecule has 0 atom stereocenters. The van der Waals surface area contributed by atoms with Crippen LogP contribution in [-0.4, -0.2) is 47.8 Å². The average Bonchev–Trinajstić information content (AvgIpc) is 3.22. The largest absolute Gasteiger partial charge is 0.493 e. The lowest BCUT2D eigenvalue weighted by Crippen LogP contribution is -2.24. The zero-order valence-electron chi connectivity index (χ0n) is 18.8. The molecule has 0 radical (unpaired) electrons. The van der Waals surface area contributed by atoms with E-state index in [-0.39, 0.29) is 11.7 Å². The highest BCUT2D eigenvalue weighted by Crippen LogP contribution is 2.38. The molecule has 32 heavy (non-hydrogen) atoms. The van der Waals surface area contributed by atoms with Gasteiger partial charge in [0.2, 0.25) is 11.7 Å². The van der Waals surface area contributed by atoms with Crippen molar-refractivity contribution in [3.63, 3.8) is 0 Å². The van der Waals surface area contributed by atoms with Crippen molar-refractivity contribution in [2.45, 2.75) is 31.6 Å². The van der Waals surface area contributed by atoms with Crippen LogP contribution in [-0.2, 0) is 24.3 Å². The Morgan fingerprint density at radius 1 is 1.00 bits per heavy atom. The zero-order valence-corrected chi connectivity index (χ0v) is 19.6. The van der Waals surface area contributed by atoms with Crippen LogP contribution in [0.1, 0.15) is 23.9 Å². The van der Waals surface area contributed by atoms with Crippen molar-refractivity contribution >= 4 is 17.7 Å². The lowest BCUT2D eigenvalue weighted by molar-refractivity contribution is -0.118. The van der Waals surface area contributed by atoms with Gasteiger partial charge in [-0.15, -0.1) is 10.2 Å². The molecule has 0 spiro atoms. The SMILES string of the molecule is CCn1c(Cc2ccccc2)nnc1SCC(=O)NCc1cc(OC)c(OC)c(OC)c1. The van der Waals surface area contributed by atoms with Crippen molar-refractivity contribution in [2.24, 2.45) is 0 Å². The number of nitrogens with zero attached hydrogens (tertiary/aromatic N) is 3. The van der Waals surface area contributed by atoms with E-state index in [0.29, 0.717) is 30.2 Å². The minimum absolute atomic E-state index is 0.0981. The Bertz CT molecular complexity index is 1010. The zero-order chi connectivity index (χ0) is 22.9. The second-order valence-electron chi connectivity index (χ2n) is 6.90. The van der Waals surface area contributed by atoms with Gasteiger partial charge in [0.15, 0.2) is 16.7 Å². The summed E-state index contributed by atoms with van der Waals surface area (Å²) in [6, 6.07) is 13.8. The number of benzene rings is 2. The molecule has 8 nitrogen and oxygen atoms in total. The fraction of sp³-hybridized carbons (Fsp3) is 0.348. The molecule has 0 aliphatic carbocycles. The summed E-state index contributed by atoms with van der Waals surface area (Å²) in [5.74, 6) is 2.65. The second-order valence-corrected chi connectivity index (χ2v) is 7.85. The minimum atomic E-state index is -0.0981. The Balaban J connectivity index is 1.59. The van der Waals surface area contributed by atoms with Gasteiger partial charge in [0.25, 0.3) is 0 Å². The first-order valence-electron chi connectivity index (χ1n) is 10.2. The maximum Gasteiger partial charge on any atom is 0.230 e. The third-order valence-electron chi connectivity index (χ3n) is 4.86. The van der Waals surface area contributed by atoms with Crippen LogP contribution >= 0.6 is 11.8 Å². The van der Waals surface area contributed by atoms with Crippen molar-refractivity contribution in [3.8, 4) is 17.2 Å². The molecule has 0 aliphatic heterocycles. The molecular weight excluding hydrogens is 428 g/mol. The Kier molecular flexibility index (Phi) is 8.38. The number of carbonyl (C=O) groups is 1. The number of hydrogen-bond donors (Lipinski definition) is 1. The van der Waals surface area contributed by atoms with E-state index in [1.54, 1.807) is 21.3 Å². The minimum Gasteiger partial charge on any atom is -0.493 e. The average molecular weight is 457 g/mol. The molecule has 0 fully saturated rings. The van der Waals surface area contributed by atoms with Crippen LogP contribution in [0.15, 0.2) is 47.6 Å². The van der Waals surface area contributed by atoms with Crippen LogP contribution in [0.5, 0.6) is 17.2 Å². The van der Waals surface area contributed by atoms with Gasteiger partial charge in [-0.25, -0.2) is 0 Å². The molecule has 1 amide bonds. The first-order chi connectivity index (χ1) is 15.6. The van der Waals surface area contributed by atoms with Gasteiger partial charge in [-0.1, -0.05) is 42.1 Å². The van der Waals surface area contributed by atoms with Crippen molar-refractivity contribution in [3.05, 3.63) is 59.4 Å². The van der Waals surface area contributed by atoms with Gasteiger partial charge >= 0.3 is 0 Å². The van der Waals surface area contributed by atoms with Gasteiger partial charge in [-0.3, -0.25) is 4.79 Å². The molecule has 0 bridgehead atoms. The van der Waals surface area contributed by atoms with E-state index in [4.69, 9.17) is 14.2 Å². The van der Waals surface area contributed by atoms with Gasteiger partial charge in [0, 0.05) is 19.5 Å². The smallest absolute Gasteiger partial charge is 0.230 e. The summed E-state index contributed by atoms with van der Waals surface area (Å²) < 4.78 is 18.1. The summed E-state index contributed by atoms with van der Waals surface area (Å²) in [6.07, 6.45) is 0.704. The molecule has 3 aromatic rings. The number of hydrogen-bond acceptors (Lipinski definition) is 7. The number of thioether (sulfide) groups is 1. The van der Waals surface area contributed by atoms with E-state index in [1.165, 1.54) is 17.3 Å². The number of ether oxygens (including phenoxy) is 3. The summed E-state index contributed by atoms with van der Waals surface area (Å²) in [5, 5.41) is 12.3. The fourth-order valence-corrected chi connectivity index (χ4v) is 4.12. The number of aromatic nitrogens is 3. The third-order valence-corrected chi connectivity index (χ3v) is 5.83. The van der Waals surface area contributed by atoms with E-state index in [2.05, 4.69) is 27.6 Å². The molecule has 2 aromatic carbocycles. The van der Waals surface area contributed by atoms with Crippen molar-refractivity contribution in [1.29, 1.82) is 0 Å². The number of methoxy groups -OCH3 is 3. The lowest BCUT2D eigenvalue weighted by atomic mass is 10.1. The van der Waals surface area contributed by atoms with E-state index in [1.807, 2.05) is 41.8 Å². The highest BCUT2D eigenvalue weighted by atomic mass is 32.2. The van der Waals surface area contributed by atoms with Gasteiger partial charge < -0.3 is 24.1 Å². The van der Waals surface area contributed by atoms with E-state index >= 15 is 0 Å². The third kappa shape index (κ3) is 5.73. The normalized spacial score (nSPS) is 10.6. The number of amides is 1. The maximum absolute atomic E-state index is 12.4. The van der Waals surface area contributed by atoms with Gasteiger partial charge in [-0.2, -0.15) is 0 Å². The fourth-order valence-electron chi connectivity index (χ4n) is 3.27. The van der Waals surface area contributed by atoms with E-state index in [0.717, 1.165) is 23.1 Å². The van der Waals surface area contributed by atoms with Gasteiger partial charge in [0.1, 0.15) is 5.82 Å². The quantitative estimate of drug-likeness (QED) is 0.443. The maximum atomic E-state index is 12.4. The Morgan fingerprint density at radius 3 is 2.28 bits per heavy atom. The summed E-state index contributed by atoms with van der Waals surface area (Å²) in [7, 11) is 4.68. The highest BCUT2D eigenvalue weighted by molar-refractivity contribution is 7.99. The van der Waals surface area contributed by atoms with E-state index in [9.17, 15) is 4.79 Å². The molecule has 0 saturated heterocycles. The molecule has 1 heterocycles. The first-order valence-corrected chi connectivity index (χ1v) is 11.2. The second kappa shape index (κ2) is 11.4. The molecule has 1 aromatic heterocycles. The molecule has 170 valence electrons. The van der Waals surface area contributed by atoms with Crippen LogP contribution < -0.4 is 19.5 Å². The van der Waals surface area contributed by atoms with Crippen LogP contribution in [0.2, 0.25) is 0 Å². The highest BCUT2D eigenvalue weighted by Gasteiger charge is 2.15. The lowest BCUT2D eigenvalue weighted by Gasteiger charge is -2.14. The van der Waals surface area contributed by atoms with Crippen LogP contribution in [0.4, 0.5) is 0 Å². The molecule has 1 N–H and O–H groups in total. The Hall–Kier alpha value is -3.20. The topological polar surface area (TPSA) is 87.5 Å². The Labute approximate surface area is 192 Å². The monoisotopic (exact) mass is 456 g/mol. The predicted molar refractivity (Wildman–Crippen MR) is 124 cm³/mol. The molecule has 0 saturated carbocycles. The summed E-state index contributed by atoms with van der Waals surface area (Å²) in [5.41, 5.74) is 2.02. The van der Waals surface area contributed by atoms with Gasteiger partial charge in [0.05, 0.1) is 27.1 Å². The van der Waals surface area contributed by atoms with Crippen LogP contribution in [0.3, 0.4) is 0 Å². The molecule has 0 aliphatic rings. The number of rotatable bonds is 11. The molecule has 0 unspecified atom stereocenters. The molecule has 9 heteroatoms. The van der Waals surface area contributed by atoms with Crippen LogP contribution in [0, 0.1) is 0 Å². The van der Waals surface area contributed by atoms with Crippen molar-refractivity contribution in [2.75, 3.05) is 27.1 Å². The van der Waals surface area contributed by atoms with Crippen molar-refractivity contribution < 1.29 is 19.0 Å². The standard InChI is InChI=1S/C23H28N4O4S/c1-5-27-20(13-16-9-7-6-8-10-16)25-26-23(27)32-15-21(28)24-14-17-11-18(29-2)22(31-4)19(12-17)30-3/h6-12H,5,13-15H2,1-4H3,(H,24,28). The van der Waals surface area contributed by atoms with Crippen molar-refractivity contribution in [1.82, 2.24) is 20.1 Å². The molecule has 3 rings (SSSR count). The van der Waals surface area contributed by atoms with E-state index < -0.39 is 0 Å². The summed E-state index contributed by atoms with van der Waals surface area (Å²) in [4.78, 5) is 12.4. The summed E-state index contributed by atoms with van der Waals surface area (Å²) in [6.45, 7) is 3.13. The van der Waals surface area contributed by atoms with Crippen LogP contribution in [0.25, 0.3) is 0 Å². The van der Waals surface area contributed by atoms with Gasteiger partial charge in [-0.05, 0) is 30.2 Å².